The van der Waals surface area contributed by atoms with E-state index in [1.165, 1.54) is 22.8 Å². The molecule has 5 fully saturated rings. The van der Waals surface area contributed by atoms with Gasteiger partial charge in [-0.2, -0.15) is 0 Å². The summed E-state index contributed by atoms with van der Waals surface area (Å²) in [5.74, 6) is 1.24. The summed E-state index contributed by atoms with van der Waals surface area (Å²) in [5, 5.41) is 20.0. The predicted octanol–water partition coefficient (Wildman–Crippen LogP) is 4.01. The molecule has 1 aliphatic heterocycles. The Kier molecular flexibility index (Phi) is 4.84. The van der Waals surface area contributed by atoms with Crippen LogP contribution in [-0.4, -0.2) is 33.6 Å². The van der Waals surface area contributed by atoms with Crippen LogP contribution in [0.2, 0.25) is 0 Å². The van der Waals surface area contributed by atoms with Crippen LogP contribution >= 0.6 is 0 Å². The first-order valence-corrected chi connectivity index (χ1v) is 12.6. The van der Waals surface area contributed by atoms with E-state index in [-0.39, 0.29) is 22.9 Å². The van der Waals surface area contributed by atoms with Crippen molar-refractivity contribution in [1.29, 1.82) is 0 Å². The third-order valence-corrected chi connectivity index (χ3v) is 8.86. The number of benzene rings is 2. The molecule has 4 bridgehead atoms. The molecular weight excluding hydrogens is 412 g/mol. The largest absolute Gasteiger partial charge is 0.390 e. The highest BCUT2D eigenvalue weighted by Gasteiger charge is 2.57. The van der Waals surface area contributed by atoms with E-state index in [4.69, 9.17) is 0 Å². The van der Waals surface area contributed by atoms with Crippen molar-refractivity contribution in [2.75, 3.05) is 0 Å². The van der Waals surface area contributed by atoms with Crippen LogP contribution in [0.15, 0.2) is 42.5 Å². The van der Waals surface area contributed by atoms with Crippen LogP contribution in [0.1, 0.15) is 69.8 Å². The van der Waals surface area contributed by atoms with E-state index in [1.54, 1.807) is 0 Å². The molecule has 4 saturated carbocycles. The summed E-state index contributed by atoms with van der Waals surface area (Å²) in [4.78, 5) is 25.3. The molecule has 4 aliphatic carbocycles. The van der Waals surface area contributed by atoms with Gasteiger partial charge in [-0.05, 0) is 86.0 Å². The molecule has 0 radical (unpaired) electrons. The molecule has 3 N–H and O–H groups in total. The number of carbonyl (C=O) groups excluding carboxylic acids is 2. The lowest BCUT2D eigenvalue weighted by molar-refractivity contribution is -0.151. The SMILES string of the molecule is O=C(CC[C@]1(Cc2ccc3ccccc3c2)CCC(=O)N1)NC12C[C@@H]3C[C@@H](CC(O)(C3)C1)C2. The molecule has 33 heavy (non-hydrogen) atoms. The van der Waals surface area contributed by atoms with E-state index in [1.807, 2.05) is 12.1 Å². The van der Waals surface area contributed by atoms with E-state index in [0.717, 1.165) is 38.5 Å². The summed E-state index contributed by atoms with van der Waals surface area (Å²) in [5.41, 5.74) is 0.0324. The molecule has 5 aliphatic rings. The van der Waals surface area contributed by atoms with Gasteiger partial charge >= 0.3 is 0 Å². The van der Waals surface area contributed by atoms with Crippen molar-refractivity contribution in [3.63, 3.8) is 0 Å². The lowest BCUT2D eigenvalue weighted by atomic mass is 9.51. The van der Waals surface area contributed by atoms with Gasteiger partial charge in [0.15, 0.2) is 0 Å². The molecule has 5 nitrogen and oxygen atoms in total. The number of hydrogen-bond acceptors (Lipinski definition) is 3. The van der Waals surface area contributed by atoms with Crippen molar-refractivity contribution in [3.8, 4) is 0 Å². The molecule has 5 atom stereocenters. The molecule has 2 aromatic carbocycles. The number of fused-ring (bicyclic) bond motifs is 1. The van der Waals surface area contributed by atoms with E-state index in [0.29, 0.717) is 37.5 Å². The maximum atomic E-state index is 13.1. The van der Waals surface area contributed by atoms with E-state index >= 15 is 0 Å². The highest BCUT2D eigenvalue weighted by molar-refractivity contribution is 5.83. The molecule has 0 spiro atoms. The van der Waals surface area contributed by atoms with Crippen molar-refractivity contribution in [2.45, 2.75) is 87.3 Å². The van der Waals surface area contributed by atoms with Crippen molar-refractivity contribution in [3.05, 3.63) is 48.0 Å². The molecule has 7 rings (SSSR count). The monoisotopic (exact) mass is 446 g/mol. The number of rotatable bonds is 6. The van der Waals surface area contributed by atoms with Crippen LogP contribution in [0.3, 0.4) is 0 Å². The number of aliphatic hydroxyl groups is 1. The second kappa shape index (κ2) is 7.56. The third-order valence-electron chi connectivity index (χ3n) is 8.86. The van der Waals surface area contributed by atoms with Gasteiger partial charge in [0.1, 0.15) is 0 Å². The van der Waals surface area contributed by atoms with Crippen molar-refractivity contribution >= 4 is 22.6 Å². The summed E-state index contributed by atoms with van der Waals surface area (Å²) >= 11 is 0. The molecule has 1 heterocycles. The minimum Gasteiger partial charge on any atom is -0.390 e. The molecular formula is C28H34N2O3. The van der Waals surface area contributed by atoms with Gasteiger partial charge < -0.3 is 15.7 Å². The normalized spacial score (nSPS) is 36.8. The lowest BCUT2D eigenvalue weighted by Crippen LogP contribution is -2.65. The first-order chi connectivity index (χ1) is 15.8. The Hall–Kier alpha value is -2.40. The van der Waals surface area contributed by atoms with Crippen molar-refractivity contribution < 1.29 is 14.7 Å². The van der Waals surface area contributed by atoms with E-state index in [2.05, 4.69) is 41.0 Å². The smallest absolute Gasteiger partial charge is 0.220 e. The van der Waals surface area contributed by atoms with Gasteiger partial charge in [-0.3, -0.25) is 9.59 Å². The number of amides is 2. The topological polar surface area (TPSA) is 78.4 Å². The Morgan fingerprint density at radius 2 is 1.82 bits per heavy atom. The summed E-state index contributed by atoms with van der Waals surface area (Å²) < 4.78 is 0. The summed E-state index contributed by atoms with van der Waals surface area (Å²) in [7, 11) is 0. The fraction of sp³-hybridized carbons (Fsp3) is 0.571. The second-order valence-corrected chi connectivity index (χ2v) is 11.7. The van der Waals surface area contributed by atoms with Crippen LogP contribution < -0.4 is 10.6 Å². The van der Waals surface area contributed by atoms with Crippen molar-refractivity contribution in [2.24, 2.45) is 11.8 Å². The van der Waals surface area contributed by atoms with Gasteiger partial charge in [0.05, 0.1) is 5.60 Å². The van der Waals surface area contributed by atoms with Crippen LogP contribution in [0.5, 0.6) is 0 Å². The maximum absolute atomic E-state index is 13.1. The number of carbonyl (C=O) groups is 2. The first-order valence-electron chi connectivity index (χ1n) is 12.6. The zero-order chi connectivity index (χ0) is 22.7. The van der Waals surface area contributed by atoms with Crippen LogP contribution in [0.4, 0.5) is 0 Å². The molecule has 1 saturated heterocycles. The fourth-order valence-electron chi connectivity index (χ4n) is 7.99. The lowest BCUT2D eigenvalue weighted by Gasteiger charge is -2.60. The van der Waals surface area contributed by atoms with Gasteiger partial charge in [-0.15, -0.1) is 0 Å². The Balaban J connectivity index is 1.15. The van der Waals surface area contributed by atoms with Crippen LogP contribution in [-0.2, 0) is 16.0 Å². The molecule has 2 aromatic rings. The van der Waals surface area contributed by atoms with Crippen molar-refractivity contribution in [1.82, 2.24) is 10.6 Å². The van der Waals surface area contributed by atoms with Crippen LogP contribution in [0, 0.1) is 11.8 Å². The predicted molar refractivity (Wildman–Crippen MR) is 127 cm³/mol. The first kappa shape index (κ1) is 21.2. The molecule has 0 aromatic heterocycles. The maximum Gasteiger partial charge on any atom is 0.220 e. The highest BCUT2D eigenvalue weighted by Crippen LogP contribution is 2.57. The minimum absolute atomic E-state index is 0.0691. The summed E-state index contributed by atoms with van der Waals surface area (Å²) in [6.07, 6.45) is 8.83. The zero-order valence-corrected chi connectivity index (χ0v) is 19.2. The summed E-state index contributed by atoms with van der Waals surface area (Å²) in [6, 6.07) is 14.8. The van der Waals surface area contributed by atoms with Gasteiger partial charge in [0.25, 0.3) is 0 Å². The second-order valence-electron chi connectivity index (χ2n) is 11.7. The Morgan fingerprint density at radius 3 is 2.52 bits per heavy atom. The molecule has 2 amide bonds. The van der Waals surface area contributed by atoms with Gasteiger partial charge in [0, 0.05) is 23.9 Å². The minimum atomic E-state index is -0.575. The molecule has 5 heteroatoms. The number of nitrogens with one attached hydrogen (secondary N) is 2. The molecule has 2 unspecified atom stereocenters. The summed E-state index contributed by atoms with van der Waals surface area (Å²) in [6.45, 7) is 0. The average Bonchev–Trinajstić information content (AvgIpc) is 3.11. The third kappa shape index (κ3) is 4.05. The number of hydrogen-bond donors (Lipinski definition) is 3. The Morgan fingerprint density at radius 1 is 1.06 bits per heavy atom. The Labute approximate surface area is 195 Å². The molecule has 174 valence electrons. The highest BCUT2D eigenvalue weighted by atomic mass is 16.3. The van der Waals surface area contributed by atoms with Gasteiger partial charge in [-0.1, -0.05) is 42.5 Å². The van der Waals surface area contributed by atoms with Gasteiger partial charge in [-0.25, -0.2) is 0 Å². The van der Waals surface area contributed by atoms with E-state index in [9.17, 15) is 14.7 Å². The Bertz CT molecular complexity index is 1100. The van der Waals surface area contributed by atoms with Gasteiger partial charge in [0.2, 0.25) is 11.8 Å². The fourth-order valence-corrected chi connectivity index (χ4v) is 7.99. The van der Waals surface area contributed by atoms with Crippen LogP contribution in [0.25, 0.3) is 10.8 Å². The van der Waals surface area contributed by atoms with E-state index < -0.39 is 5.60 Å². The standard InChI is InChI=1S/C28H34N2O3/c31-24-7-9-26(29-24,13-19-5-6-22-3-1-2-4-23(22)12-19)10-8-25(32)30-27-14-20-11-21(15-27)17-28(33,16-20)18-27/h1-6,12,20-21,33H,7-11,13-18H2,(H,29,31)(H,30,32)/t20-,21+,26-,27?,28?/m0/s1. The quantitative estimate of drug-likeness (QED) is 0.627. The zero-order valence-electron chi connectivity index (χ0n) is 19.2. The average molecular weight is 447 g/mol.